The van der Waals surface area contributed by atoms with Crippen LogP contribution in [-0.2, 0) is 0 Å². The number of imidazole rings is 1. The molecule has 1 aromatic heterocycles. The normalized spacial score (nSPS) is 11.5. The van der Waals surface area contributed by atoms with Gasteiger partial charge in [-0.15, -0.1) is 0 Å². The Kier molecular flexibility index (Phi) is 2.26. The fourth-order valence-corrected chi connectivity index (χ4v) is 0.629. The van der Waals surface area contributed by atoms with Crippen LogP contribution in [0, 0.1) is 5.92 Å². The van der Waals surface area contributed by atoms with Crippen molar-refractivity contribution in [1.82, 2.24) is 9.55 Å². The molecule has 0 saturated heterocycles. The minimum absolute atomic E-state index is 0.599. The molecule has 1 heterocycles. The third kappa shape index (κ3) is 2.05. The van der Waals surface area contributed by atoms with Crippen molar-refractivity contribution < 1.29 is 0 Å². The van der Waals surface area contributed by atoms with E-state index in [2.05, 4.69) is 24.9 Å². The highest BCUT2D eigenvalue weighted by Gasteiger charge is 1.83. The summed E-state index contributed by atoms with van der Waals surface area (Å²) in [6.07, 6.45) is 9.60. The molecule has 1 rings (SSSR count). The SMILES string of the molecule is CC(C)/C=C/n1ccnc1. The molecule has 0 aromatic carbocycles. The van der Waals surface area contributed by atoms with E-state index in [0.29, 0.717) is 5.92 Å². The van der Waals surface area contributed by atoms with Gasteiger partial charge in [0, 0.05) is 18.6 Å². The van der Waals surface area contributed by atoms with Crippen LogP contribution in [0.4, 0.5) is 0 Å². The van der Waals surface area contributed by atoms with Crippen molar-refractivity contribution in [2.75, 3.05) is 0 Å². The maximum absolute atomic E-state index is 3.91. The highest BCUT2D eigenvalue weighted by Crippen LogP contribution is 1.95. The Morgan fingerprint density at radius 2 is 2.30 bits per heavy atom. The van der Waals surface area contributed by atoms with E-state index in [0.717, 1.165) is 0 Å². The largest absolute Gasteiger partial charge is 0.313 e. The lowest BCUT2D eigenvalue weighted by Gasteiger charge is -1.93. The lowest BCUT2D eigenvalue weighted by Crippen LogP contribution is -1.82. The van der Waals surface area contributed by atoms with Crippen LogP contribution in [0.5, 0.6) is 0 Å². The molecule has 0 unspecified atom stereocenters. The van der Waals surface area contributed by atoms with Crippen molar-refractivity contribution in [3.8, 4) is 0 Å². The summed E-state index contributed by atoms with van der Waals surface area (Å²) in [5, 5.41) is 0. The lowest BCUT2D eigenvalue weighted by molar-refractivity contribution is 0.831. The zero-order valence-electron chi connectivity index (χ0n) is 6.36. The third-order valence-electron chi connectivity index (χ3n) is 1.17. The molecule has 54 valence electrons. The van der Waals surface area contributed by atoms with E-state index in [1.54, 1.807) is 12.5 Å². The molecule has 10 heavy (non-hydrogen) atoms. The van der Waals surface area contributed by atoms with Gasteiger partial charge in [0.25, 0.3) is 0 Å². The highest BCUT2D eigenvalue weighted by molar-refractivity contribution is 5.21. The number of aromatic nitrogens is 2. The third-order valence-corrected chi connectivity index (χ3v) is 1.17. The van der Waals surface area contributed by atoms with Gasteiger partial charge in [0.2, 0.25) is 0 Å². The van der Waals surface area contributed by atoms with Crippen molar-refractivity contribution in [2.24, 2.45) is 5.92 Å². The minimum atomic E-state index is 0.599. The second-order valence-corrected chi connectivity index (χ2v) is 2.60. The van der Waals surface area contributed by atoms with E-state index in [1.165, 1.54) is 0 Å². The van der Waals surface area contributed by atoms with Crippen LogP contribution < -0.4 is 0 Å². The van der Waals surface area contributed by atoms with E-state index >= 15 is 0 Å². The topological polar surface area (TPSA) is 17.8 Å². The van der Waals surface area contributed by atoms with Gasteiger partial charge < -0.3 is 4.57 Å². The van der Waals surface area contributed by atoms with Crippen molar-refractivity contribution >= 4 is 6.20 Å². The molecule has 1 aromatic rings. The quantitative estimate of drug-likeness (QED) is 0.608. The molecule has 0 amide bonds. The first-order valence-electron chi connectivity index (χ1n) is 3.45. The van der Waals surface area contributed by atoms with E-state index < -0.39 is 0 Å². The summed E-state index contributed by atoms with van der Waals surface area (Å²) in [5.41, 5.74) is 0. The van der Waals surface area contributed by atoms with Crippen LogP contribution in [0.3, 0.4) is 0 Å². The van der Waals surface area contributed by atoms with Gasteiger partial charge >= 0.3 is 0 Å². The fraction of sp³-hybridized carbons (Fsp3) is 0.375. The molecule has 2 heteroatoms. The number of nitrogens with zero attached hydrogens (tertiary/aromatic N) is 2. The Balaban J connectivity index is 2.55. The van der Waals surface area contributed by atoms with E-state index in [9.17, 15) is 0 Å². The summed E-state index contributed by atoms with van der Waals surface area (Å²) in [5.74, 6) is 0.599. The van der Waals surface area contributed by atoms with Crippen LogP contribution >= 0.6 is 0 Å². The van der Waals surface area contributed by atoms with Gasteiger partial charge in [-0.2, -0.15) is 0 Å². The van der Waals surface area contributed by atoms with Crippen LogP contribution in [0.2, 0.25) is 0 Å². The molecule has 0 atom stereocenters. The molecule has 0 N–H and O–H groups in total. The predicted octanol–water partition coefficient (Wildman–Crippen LogP) is 2.01. The molecule has 2 nitrogen and oxygen atoms in total. The van der Waals surface area contributed by atoms with Crippen molar-refractivity contribution in [2.45, 2.75) is 13.8 Å². The van der Waals surface area contributed by atoms with Gasteiger partial charge in [-0.25, -0.2) is 4.98 Å². The molecule has 0 aliphatic heterocycles. The summed E-state index contributed by atoms with van der Waals surface area (Å²) in [6, 6.07) is 0. The average molecular weight is 136 g/mol. The first-order chi connectivity index (χ1) is 4.79. The first-order valence-corrected chi connectivity index (χ1v) is 3.45. The van der Waals surface area contributed by atoms with Gasteiger partial charge in [-0.1, -0.05) is 19.9 Å². The molecule has 0 radical (unpaired) electrons. The molecule has 0 saturated carbocycles. The van der Waals surface area contributed by atoms with Crippen molar-refractivity contribution in [3.05, 3.63) is 24.8 Å². The van der Waals surface area contributed by atoms with E-state index in [4.69, 9.17) is 0 Å². The summed E-state index contributed by atoms with van der Waals surface area (Å²) in [6.45, 7) is 4.29. The molecule has 0 aliphatic rings. The molecular weight excluding hydrogens is 124 g/mol. The van der Waals surface area contributed by atoms with Crippen molar-refractivity contribution in [1.29, 1.82) is 0 Å². The molecule has 0 spiro atoms. The molecule has 0 fully saturated rings. The lowest BCUT2D eigenvalue weighted by atomic mass is 10.2. The minimum Gasteiger partial charge on any atom is -0.313 e. The summed E-state index contributed by atoms with van der Waals surface area (Å²) < 4.78 is 1.93. The monoisotopic (exact) mass is 136 g/mol. The maximum atomic E-state index is 3.91. The maximum Gasteiger partial charge on any atom is 0.0986 e. The molecule has 0 bridgehead atoms. The number of allylic oxidation sites excluding steroid dienone is 1. The zero-order valence-corrected chi connectivity index (χ0v) is 6.36. The van der Waals surface area contributed by atoms with Gasteiger partial charge in [-0.3, -0.25) is 0 Å². The van der Waals surface area contributed by atoms with E-state index in [-0.39, 0.29) is 0 Å². The van der Waals surface area contributed by atoms with Gasteiger partial charge in [-0.05, 0) is 5.92 Å². The van der Waals surface area contributed by atoms with Gasteiger partial charge in [0.05, 0.1) is 6.33 Å². The predicted molar refractivity (Wildman–Crippen MR) is 42.4 cm³/mol. The van der Waals surface area contributed by atoms with Crippen LogP contribution in [0.1, 0.15) is 13.8 Å². The van der Waals surface area contributed by atoms with Crippen LogP contribution in [0.25, 0.3) is 6.20 Å². The average Bonchev–Trinajstić information content (AvgIpc) is 2.34. The smallest absolute Gasteiger partial charge is 0.0986 e. The number of hydrogen-bond acceptors (Lipinski definition) is 1. The Hall–Kier alpha value is -1.05. The zero-order chi connectivity index (χ0) is 7.40. The standard InChI is InChI=1S/C8H12N2/c1-8(2)3-5-10-6-4-9-7-10/h3-8H,1-2H3/b5-3+. The van der Waals surface area contributed by atoms with E-state index in [1.807, 2.05) is 17.0 Å². The van der Waals surface area contributed by atoms with Gasteiger partial charge in [0.1, 0.15) is 0 Å². The van der Waals surface area contributed by atoms with Crippen LogP contribution in [-0.4, -0.2) is 9.55 Å². The molecule has 0 aliphatic carbocycles. The number of rotatable bonds is 2. The highest BCUT2D eigenvalue weighted by atomic mass is 15.0. The Labute approximate surface area is 61.2 Å². The first kappa shape index (κ1) is 7.06. The number of hydrogen-bond donors (Lipinski definition) is 0. The van der Waals surface area contributed by atoms with Gasteiger partial charge in [0.15, 0.2) is 0 Å². The summed E-state index contributed by atoms with van der Waals surface area (Å²) >= 11 is 0. The fourth-order valence-electron chi connectivity index (χ4n) is 0.629. The second kappa shape index (κ2) is 3.20. The van der Waals surface area contributed by atoms with Crippen LogP contribution in [0.15, 0.2) is 24.8 Å². The summed E-state index contributed by atoms with van der Waals surface area (Å²) in [7, 11) is 0. The Bertz CT molecular complexity index is 197. The molecular formula is C8H12N2. The van der Waals surface area contributed by atoms with Crippen molar-refractivity contribution in [3.63, 3.8) is 0 Å². The second-order valence-electron chi connectivity index (χ2n) is 2.60. The Morgan fingerprint density at radius 3 is 2.80 bits per heavy atom. The summed E-state index contributed by atoms with van der Waals surface area (Å²) in [4.78, 5) is 3.91. The Morgan fingerprint density at radius 1 is 1.50 bits per heavy atom.